The van der Waals surface area contributed by atoms with Crippen LogP contribution in [0.2, 0.25) is 0 Å². The lowest BCUT2D eigenvalue weighted by atomic mass is 9.78. The van der Waals surface area contributed by atoms with E-state index in [1.165, 1.54) is 19.3 Å². The van der Waals surface area contributed by atoms with Gasteiger partial charge in [0, 0.05) is 17.8 Å². The number of hydrogen-bond donors (Lipinski definition) is 3. The van der Waals surface area contributed by atoms with Crippen molar-refractivity contribution < 1.29 is 15.0 Å². The Labute approximate surface area is 119 Å². The van der Waals surface area contributed by atoms with Crippen molar-refractivity contribution in [1.82, 2.24) is 5.32 Å². The van der Waals surface area contributed by atoms with Gasteiger partial charge in [-0.1, -0.05) is 0 Å². The third kappa shape index (κ3) is 4.10. The van der Waals surface area contributed by atoms with Gasteiger partial charge in [0.15, 0.2) is 0 Å². The van der Waals surface area contributed by atoms with Gasteiger partial charge in [0.05, 0.1) is 11.5 Å². The second kappa shape index (κ2) is 6.46. The van der Waals surface area contributed by atoms with Gasteiger partial charge in [-0.2, -0.15) is 11.8 Å². The van der Waals surface area contributed by atoms with Crippen molar-refractivity contribution in [2.24, 2.45) is 5.92 Å². The molecule has 0 heterocycles. The van der Waals surface area contributed by atoms with Crippen LogP contribution in [0, 0.1) is 5.92 Å². The van der Waals surface area contributed by atoms with Crippen molar-refractivity contribution in [2.45, 2.75) is 61.8 Å². The summed E-state index contributed by atoms with van der Waals surface area (Å²) in [6, 6.07) is 0.527. The molecule has 2 atom stereocenters. The van der Waals surface area contributed by atoms with E-state index in [-0.39, 0.29) is 5.92 Å². The fraction of sp³-hybridized carbons (Fsp3) is 0.929. The lowest BCUT2D eigenvalue weighted by Crippen LogP contribution is -2.46. The Morgan fingerprint density at radius 2 is 2.00 bits per heavy atom. The average Bonchev–Trinajstić information content (AvgIpc) is 2.85. The molecular formula is C14H25NO3S. The monoisotopic (exact) mass is 287 g/mol. The van der Waals surface area contributed by atoms with Crippen molar-refractivity contribution in [3.8, 4) is 0 Å². The van der Waals surface area contributed by atoms with E-state index < -0.39 is 11.6 Å². The van der Waals surface area contributed by atoms with Crippen LogP contribution in [0.1, 0.15) is 44.9 Å². The van der Waals surface area contributed by atoms with E-state index in [4.69, 9.17) is 5.11 Å². The number of rotatable bonds is 5. The first-order valence-electron chi connectivity index (χ1n) is 7.24. The molecule has 0 bridgehead atoms. The number of carboxylic acid groups (broad SMARTS) is 1. The number of carboxylic acids is 1. The van der Waals surface area contributed by atoms with Gasteiger partial charge >= 0.3 is 5.97 Å². The summed E-state index contributed by atoms with van der Waals surface area (Å²) in [5, 5.41) is 23.7. The smallest absolute Gasteiger partial charge is 0.306 e. The minimum Gasteiger partial charge on any atom is -0.481 e. The molecule has 4 nitrogen and oxygen atoms in total. The van der Waals surface area contributed by atoms with Crippen LogP contribution in [0.4, 0.5) is 0 Å². The molecular weight excluding hydrogens is 262 g/mol. The van der Waals surface area contributed by atoms with E-state index in [0.717, 1.165) is 5.25 Å². The molecule has 3 N–H and O–H groups in total. The van der Waals surface area contributed by atoms with Gasteiger partial charge in [-0.3, -0.25) is 4.79 Å². The molecule has 0 spiro atoms. The summed E-state index contributed by atoms with van der Waals surface area (Å²) >= 11 is 1.93. The van der Waals surface area contributed by atoms with Crippen LogP contribution in [0.5, 0.6) is 0 Å². The van der Waals surface area contributed by atoms with E-state index in [2.05, 4.69) is 11.6 Å². The zero-order chi connectivity index (χ0) is 13.9. The summed E-state index contributed by atoms with van der Waals surface area (Å²) in [5.41, 5.74) is -0.691. The van der Waals surface area contributed by atoms with E-state index in [1.807, 2.05) is 11.8 Å². The second-order valence-corrected chi connectivity index (χ2v) is 7.22. The van der Waals surface area contributed by atoms with Gasteiger partial charge in [0.2, 0.25) is 0 Å². The Morgan fingerprint density at radius 3 is 2.53 bits per heavy atom. The third-order valence-corrected chi connectivity index (χ3v) is 5.80. The number of aliphatic carboxylic acids is 1. The minimum atomic E-state index is -0.714. The van der Waals surface area contributed by atoms with Gasteiger partial charge in [0.1, 0.15) is 0 Å². The molecule has 2 unspecified atom stereocenters. The molecule has 2 rings (SSSR count). The Hall–Kier alpha value is -0.260. The molecule has 2 aliphatic rings. The van der Waals surface area contributed by atoms with E-state index in [9.17, 15) is 9.90 Å². The van der Waals surface area contributed by atoms with Crippen LogP contribution in [-0.4, -0.2) is 45.9 Å². The van der Waals surface area contributed by atoms with Crippen LogP contribution in [0.25, 0.3) is 0 Å². The van der Waals surface area contributed by atoms with Crippen molar-refractivity contribution in [3.05, 3.63) is 0 Å². The molecule has 0 saturated heterocycles. The number of hydrogen-bond acceptors (Lipinski definition) is 4. The predicted octanol–water partition coefficient (Wildman–Crippen LogP) is 1.87. The Balaban J connectivity index is 1.72. The van der Waals surface area contributed by atoms with Crippen LogP contribution in [-0.2, 0) is 4.79 Å². The Bertz CT molecular complexity index is 316. The van der Waals surface area contributed by atoms with E-state index >= 15 is 0 Å². The van der Waals surface area contributed by atoms with Gasteiger partial charge in [-0.15, -0.1) is 0 Å². The van der Waals surface area contributed by atoms with Crippen LogP contribution in [0.15, 0.2) is 0 Å². The summed E-state index contributed by atoms with van der Waals surface area (Å²) < 4.78 is 0. The summed E-state index contributed by atoms with van der Waals surface area (Å²) in [6.07, 6.45) is 8.23. The maximum absolute atomic E-state index is 10.9. The molecule has 0 amide bonds. The summed E-state index contributed by atoms with van der Waals surface area (Å²) in [5.74, 6) is -0.971. The standard InChI is InChI=1S/C14H25NO3S/c1-19-12-3-2-11(8-12)15-9-14(18)6-4-10(5-7-14)13(16)17/h10-12,15,18H,2-9H2,1H3,(H,16,17). The number of carbonyl (C=O) groups is 1. The lowest BCUT2D eigenvalue weighted by Gasteiger charge is -2.35. The molecule has 2 aliphatic carbocycles. The van der Waals surface area contributed by atoms with Gasteiger partial charge in [-0.25, -0.2) is 0 Å². The molecule has 0 aromatic carbocycles. The fourth-order valence-corrected chi connectivity index (χ4v) is 4.05. The summed E-state index contributed by atoms with van der Waals surface area (Å²) in [7, 11) is 0. The van der Waals surface area contributed by atoms with Gasteiger partial charge in [0.25, 0.3) is 0 Å². The molecule has 110 valence electrons. The first-order valence-corrected chi connectivity index (χ1v) is 8.52. The van der Waals surface area contributed by atoms with Crippen molar-refractivity contribution in [3.63, 3.8) is 0 Å². The molecule has 0 aliphatic heterocycles. The Morgan fingerprint density at radius 1 is 1.32 bits per heavy atom. The Kier molecular flexibility index (Phi) is 5.15. The summed E-state index contributed by atoms with van der Waals surface area (Å²) in [4.78, 5) is 10.9. The first kappa shape index (κ1) is 15.1. The van der Waals surface area contributed by atoms with Crippen LogP contribution >= 0.6 is 11.8 Å². The maximum atomic E-state index is 10.9. The average molecular weight is 287 g/mol. The van der Waals surface area contributed by atoms with Gasteiger partial charge in [-0.05, 0) is 51.2 Å². The second-order valence-electron chi connectivity index (χ2n) is 6.09. The normalized spacial score (nSPS) is 39.4. The zero-order valence-electron chi connectivity index (χ0n) is 11.6. The molecule has 0 radical (unpaired) electrons. The highest BCUT2D eigenvalue weighted by atomic mass is 32.2. The zero-order valence-corrected chi connectivity index (χ0v) is 12.4. The number of aliphatic hydroxyl groups is 1. The van der Waals surface area contributed by atoms with Crippen molar-refractivity contribution in [2.75, 3.05) is 12.8 Å². The lowest BCUT2D eigenvalue weighted by molar-refractivity contribution is -0.144. The fourth-order valence-electron chi connectivity index (χ4n) is 3.25. The van der Waals surface area contributed by atoms with Crippen molar-refractivity contribution >= 4 is 17.7 Å². The highest BCUT2D eigenvalue weighted by Crippen LogP contribution is 2.33. The number of thioether (sulfide) groups is 1. The molecule has 0 aromatic rings. The minimum absolute atomic E-state index is 0.257. The van der Waals surface area contributed by atoms with Crippen LogP contribution in [0.3, 0.4) is 0 Å². The SMILES string of the molecule is CSC1CCC(NCC2(O)CCC(C(=O)O)CC2)C1. The molecule has 2 saturated carbocycles. The third-order valence-electron chi connectivity index (χ3n) is 4.70. The van der Waals surface area contributed by atoms with E-state index in [1.54, 1.807) is 0 Å². The molecule has 19 heavy (non-hydrogen) atoms. The molecule has 5 heteroatoms. The molecule has 0 aromatic heterocycles. The predicted molar refractivity (Wildman–Crippen MR) is 77.5 cm³/mol. The quantitative estimate of drug-likeness (QED) is 0.720. The largest absolute Gasteiger partial charge is 0.481 e. The maximum Gasteiger partial charge on any atom is 0.306 e. The molecule has 2 fully saturated rings. The highest BCUT2D eigenvalue weighted by molar-refractivity contribution is 7.99. The number of nitrogens with one attached hydrogen (secondary N) is 1. The highest BCUT2D eigenvalue weighted by Gasteiger charge is 2.36. The first-order chi connectivity index (χ1) is 9.02. The van der Waals surface area contributed by atoms with Crippen LogP contribution < -0.4 is 5.32 Å². The van der Waals surface area contributed by atoms with Crippen molar-refractivity contribution in [1.29, 1.82) is 0 Å². The van der Waals surface area contributed by atoms with E-state index in [0.29, 0.717) is 38.3 Å². The van der Waals surface area contributed by atoms with Gasteiger partial charge < -0.3 is 15.5 Å². The summed E-state index contributed by atoms with van der Waals surface area (Å²) in [6.45, 7) is 0.616. The topological polar surface area (TPSA) is 69.6 Å².